The maximum Gasteiger partial charge on any atom is 0.112 e. The first-order valence-electron chi connectivity index (χ1n) is 36.6. The van der Waals surface area contributed by atoms with Crippen molar-refractivity contribution in [2.24, 2.45) is 47.3 Å². The Kier molecular flexibility index (Phi) is 30.3. The molecule has 9 fully saturated rings. The van der Waals surface area contributed by atoms with Gasteiger partial charge in [0.1, 0.15) is 18.3 Å². The Hall–Kier alpha value is 0.157. The Labute approximate surface area is 541 Å². The molecule has 0 aromatic carbocycles. The summed E-state index contributed by atoms with van der Waals surface area (Å²) >= 11 is 14.7. The van der Waals surface area contributed by atoms with E-state index in [1.165, 1.54) is 148 Å². The third-order valence-corrected chi connectivity index (χ3v) is 25.6. The van der Waals surface area contributed by atoms with Gasteiger partial charge in [-0.15, -0.1) is 23.2 Å². The third-order valence-electron chi connectivity index (χ3n) is 23.1. The average Bonchev–Trinajstić information content (AvgIpc) is 1.72. The first kappa shape index (κ1) is 71.4. The maximum atomic E-state index is 7.65. The van der Waals surface area contributed by atoms with Crippen LogP contribution < -0.4 is 42.5 Å². The second-order valence-electron chi connectivity index (χ2n) is 28.6. The van der Waals surface area contributed by atoms with Gasteiger partial charge < -0.3 is 37.9 Å². The molecule has 5 aliphatic heterocycles. The van der Waals surface area contributed by atoms with Gasteiger partial charge in [0.2, 0.25) is 0 Å². The van der Waals surface area contributed by atoms with Crippen LogP contribution in [0.3, 0.4) is 0 Å². The third kappa shape index (κ3) is 17.4. The number of unbranched alkanes of at least 4 members (excludes halogenated alkanes) is 20. The van der Waals surface area contributed by atoms with Gasteiger partial charge >= 0.3 is 0 Å². The molecule has 19 heteroatoms. The van der Waals surface area contributed by atoms with Crippen molar-refractivity contribution in [2.45, 2.75) is 328 Å². The molecule has 9 rings (SSSR count). The maximum absolute atomic E-state index is 7.65. The number of hydrogen-bond acceptors (Lipinski definition) is 16. The standard InChI is InChI=1S/C68H128Cl2N8O8Si/c1-9-13-17-21-25-31-37-83-54-48-47(53(80-6)56(81-7)57(54)82-8)65-75-64-46-44(41-45(69)51(70)52(46)79-5)63(74-64)72-61-42-35-29-30-36-43(42)62(71-61)73-68-50-49(67(78-68)77-66(48)76-65)55(84-38-32-26-22-18-14-10-2)58(85-39-33-27-23-19-15-11-3)59(60(50)87)86-40-34-28-24-20-16-12-4/h42-68,71-78H,9-41H2,1-8,87H3. The van der Waals surface area contributed by atoms with Gasteiger partial charge in [-0.1, -0.05) is 169 Å². The van der Waals surface area contributed by atoms with Crippen LogP contribution in [0.2, 0.25) is 5.54 Å². The smallest absolute Gasteiger partial charge is 0.112 e. The fourth-order valence-corrected chi connectivity index (χ4v) is 20.8. The molecule has 87 heavy (non-hydrogen) atoms. The minimum atomic E-state index is -0.381. The van der Waals surface area contributed by atoms with Crippen LogP contribution in [0.5, 0.6) is 0 Å². The lowest BCUT2D eigenvalue weighted by Crippen LogP contribution is -2.66. The molecule has 5 saturated heterocycles. The highest BCUT2D eigenvalue weighted by atomic mass is 35.5. The van der Waals surface area contributed by atoms with Crippen molar-refractivity contribution in [1.82, 2.24) is 42.5 Å². The highest BCUT2D eigenvalue weighted by Crippen LogP contribution is 2.52. The lowest BCUT2D eigenvalue weighted by Gasteiger charge is -2.51. The molecule has 506 valence electrons. The largest absolute Gasteiger partial charge is 0.379 e. The summed E-state index contributed by atoms with van der Waals surface area (Å²) in [4.78, 5) is 0. The van der Waals surface area contributed by atoms with Crippen LogP contribution in [0, 0.1) is 47.3 Å². The van der Waals surface area contributed by atoms with Gasteiger partial charge in [-0.25, -0.2) is 0 Å². The molecule has 8 bridgehead atoms. The summed E-state index contributed by atoms with van der Waals surface area (Å²) in [6, 6.07) is 0. The normalized spacial score (nSPS) is 42.5. The average molecular weight is 1280 g/mol. The Balaban J connectivity index is 1.13. The summed E-state index contributed by atoms with van der Waals surface area (Å²) in [7, 11) is 8.26. The first-order valence-corrected chi connectivity index (χ1v) is 38.6. The number of rotatable bonds is 36. The van der Waals surface area contributed by atoms with E-state index in [1.54, 1.807) is 0 Å². The predicted octanol–water partition coefficient (Wildman–Crippen LogP) is 9.73. The van der Waals surface area contributed by atoms with E-state index in [9.17, 15) is 0 Å². The van der Waals surface area contributed by atoms with E-state index in [1.807, 2.05) is 28.4 Å². The summed E-state index contributed by atoms with van der Waals surface area (Å²) in [5.74, 6) is 1.21. The van der Waals surface area contributed by atoms with Crippen LogP contribution in [0.25, 0.3) is 0 Å². The molecule has 27 atom stereocenters. The molecule has 16 nitrogen and oxygen atoms in total. The molecule has 5 heterocycles. The summed E-state index contributed by atoms with van der Waals surface area (Å²) in [6.07, 6.45) is 32.0. The van der Waals surface area contributed by atoms with E-state index >= 15 is 0 Å². The summed E-state index contributed by atoms with van der Waals surface area (Å²) < 4.78 is 56.4. The van der Waals surface area contributed by atoms with E-state index in [4.69, 9.17) is 61.1 Å². The second kappa shape index (κ2) is 36.9. The Morgan fingerprint density at radius 1 is 0.322 bits per heavy atom. The minimum absolute atomic E-state index is 0.0214. The van der Waals surface area contributed by atoms with E-state index in [2.05, 4.69) is 70.2 Å². The van der Waals surface area contributed by atoms with Gasteiger partial charge in [0.15, 0.2) is 0 Å². The molecule has 4 aliphatic carbocycles. The van der Waals surface area contributed by atoms with Gasteiger partial charge in [-0.2, -0.15) is 0 Å². The van der Waals surface area contributed by atoms with Crippen LogP contribution >= 0.6 is 23.2 Å². The molecule has 0 amide bonds. The van der Waals surface area contributed by atoms with Gasteiger partial charge in [0.05, 0.1) is 90.6 Å². The monoisotopic (exact) mass is 1280 g/mol. The van der Waals surface area contributed by atoms with Crippen LogP contribution in [0.15, 0.2) is 0 Å². The van der Waals surface area contributed by atoms with E-state index in [0.717, 1.165) is 62.0 Å². The zero-order valence-corrected chi connectivity index (χ0v) is 59.5. The molecular weight excluding hydrogens is 1160 g/mol. The number of nitrogens with one attached hydrogen (secondary N) is 8. The van der Waals surface area contributed by atoms with Crippen LogP contribution in [-0.2, 0) is 37.9 Å². The SMILES string of the molecule is CCCCCCCCOC1C([SiH3])C2C3NC4NC(NC5NC(NC6NC(NC(N3)C2C(OCCCCCCCC)C1OCCCCCCCC)C1C(OCCCCCCCC)C(OC)C(OC)C(OC)C61)C1C5CC(Cl)C(Cl)C1OC)C1CCCCC41. The van der Waals surface area contributed by atoms with Crippen molar-refractivity contribution in [3.63, 3.8) is 0 Å². The van der Waals surface area contributed by atoms with Crippen molar-refractivity contribution < 1.29 is 37.9 Å². The first-order chi connectivity index (χ1) is 42.7. The Morgan fingerprint density at radius 2 is 0.632 bits per heavy atom. The summed E-state index contributed by atoms with van der Waals surface area (Å²) in [6.45, 7) is 12.0. The minimum Gasteiger partial charge on any atom is -0.379 e. The fourth-order valence-electron chi connectivity index (χ4n) is 18.7. The number of alkyl halides is 2. The molecule has 0 aromatic rings. The van der Waals surface area contributed by atoms with Crippen LogP contribution in [-0.4, -0.2) is 174 Å². The molecule has 0 aromatic heterocycles. The molecule has 9 aliphatic rings. The molecule has 0 spiro atoms. The van der Waals surface area contributed by atoms with Gasteiger partial charge in [0.25, 0.3) is 0 Å². The second-order valence-corrected chi connectivity index (χ2v) is 31.0. The number of halogens is 2. The topological polar surface area (TPSA) is 170 Å². The molecular formula is C68H128Cl2N8O8Si. The quantitative estimate of drug-likeness (QED) is 0.0169. The predicted molar refractivity (Wildman–Crippen MR) is 355 cm³/mol. The molecule has 0 radical (unpaired) electrons. The summed E-state index contributed by atoms with van der Waals surface area (Å²) in [5.41, 5.74) is 0.293. The fraction of sp³-hybridized carbons (Fsp3) is 1.00. The Bertz CT molecular complexity index is 1920. The van der Waals surface area contributed by atoms with Crippen molar-refractivity contribution in [2.75, 3.05) is 54.9 Å². The zero-order valence-electron chi connectivity index (χ0n) is 55.9. The van der Waals surface area contributed by atoms with Crippen molar-refractivity contribution in [3.05, 3.63) is 0 Å². The number of methoxy groups -OCH3 is 4. The lowest BCUT2D eigenvalue weighted by molar-refractivity contribution is -0.221. The molecule has 27 unspecified atom stereocenters. The van der Waals surface area contributed by atoms with Crippen LogP contribution in [0.1, 0.15) is 214 Å². The van der Waals surface area contributed by atoms with Gasteiger partial charge in [-0.3, -0.25) is 42.5 Å². The Morgan fingerprint density at radius 3 is 1.07 bits per heavy atom. The van der Waals surface area contributed by atoms with E-state index in [-0.39, 0.29) is 144 Å². The van der Waals surface area contributed by atoms with Gasteiger partial charge in [-0.05, 0) is 74.2 Å². The zero-order chi connectivity index (χ0) is 61.2. The number of ether oxygens (including phenoxy) is 8. The highest BCUT2D eigenvalue weighted by molar-refractivity contribution is 6.30. The number of fused-ring (bicyclic) bond motifs is 20. The van der Waals surface area contributed by atoms with Gasteiger partial charge in [0, 0.05) is 88.8 Å². The number of hydrogen-bond donors (Lipinski definition) is 8. The van der Waals surface area contributed by atoms with Crippen molar-refractivity contribution in [1.29, 1.82) is 0 Å². The van der Waals surface area contributed by atoms with Crippen LogP contribution in [0.4, 0.5) is 0 Å². The van der Waals surface area contributed by atoms with E-state index in [0.29, 0.717) is 30.6 Å². The lowest BCUT2D eigenvalue weighted by atomic mass is 9.70. The van der Waals surface area contributed by atoms with Crippen molar-refractivity contribution >= 4 is 33.4 Å². The highest BCUT2D eigenvalue weighted by Gasteiger charge is 2.66. The van der Waals surface area contributed by atoms with Crippen molar-refractivity contribution in [3.8, 4) is 0 Å². The molecule has 8 N–H and O–H groups in total. The molecule has 4 saturated carbocycles. The summed E-state index contributed by atoms with van der Waals surface area (Å²) in [5, 5.41) is 34.3. The van der Waals surface area contributed by atoms with E-state index < -0.39 is 0 Å².